The molecule has 0 saturated carbocycles. The summed E-state index contributed by atoms with van der Waals surface area (Å²) in [5.41, 5.74) is 1.51. The van der Waals surface area contributed by atoms with Crippen LogP contribution in [0.1, 0.15) is 52.7 Å². The number of carbonyl (C=O) groups is 2. The van der Waals surface area contributed by atoms with Crippen LogP contribution in [0.4, 0.5) is 0 Å². The molecule has 0 spiro atoms. The van der Waals surface area contributed by atoms with Crippen LogP contribution in [0.5, 0.6) is 0 Å². The molecule has 1 fully saturated rings. The normalized spacial score (nSPS) is 15.8. The molecule has 170 valence electrons. The van der Waals surface area contributed by atoms with Gasteiger partial charge >= 0.3 is 5.69 Å². The van der Waals surface area contributed by atoms with Gasteiger partial charge in [-0.2, -0.15) is 0 Å². The van der Waals surface area contributed by atoms with E-state index in [1.54, 1.807) is 24.1 Å². The minimum Gasteiger partial charge on any atom is -0.348 e. The second-order valence-corrected chi connectivity index (χ2v) is 8.02. The number of benzene rings is 1. The molecular weight excluding hydrogens is 420 g/mol. The first-order valence-electron chi connectivity index (χ1n) is 11.0. The van der Waals surface area contributed by atoms with Gasteiger partial charge in [-0.05, 0) is 37.8 Å². The smallest absolute Gasteiger partial charge is 0.347 e. The van der Waals surface area contributed by atoms with Crippen molar-refractivity contribution in [2.45, 2.75) is 45.3 Å². The predicted molar refractivity (Wildman–Crippen MR) is 121 cm³/mol. The maximum Gasteiger partial charge on any atom is 0.347 e. The van der Waals surface area contributed by atoms with Crippen molar-refractivity contribution in [2.75, 3.05) is 6.54 Å². The topological polar surface area (TPSA) is 110 Å². The summed E-state index contributed by atoms with van der Waals surface area (Å²) in [6.45, 7) is 2.68. The standard InChI is InChI=1S/C24H26N6O3/c1-17-19(23(32)27-14-18-8-3-2-4-9-18)15-26-22(28-17)20-10-5-6-13-30(20)21(31)16-29-12-7-11-25-24(29)33/h2-4,7-9,11-12,15,20H,5-6,10,13-14,16H2,1H3,(H,27,32). The Bertz CT molecular complexity index is 1190. The molecule has 3 aromatic rings. The first kappa shape index (κ1) is 22.3. The summed E-state index contributed by atoms with van der Waals surface area (Å²) in [5.74, 6) is 0.0925. The maximum absolute atomic E-state index is 13.0. The summed E-state index contributed by atoms with van der Waals surface area (Å²) in [7, 11) is 0. The molecule has 1 N–H and O–H groups in total. The molecule has 0 radical (unpaired) electrons. The molecule has 2 amide bonds. The van der Waals surface area contributed by atoms with Gasteiger partial charge in [0.2, 0.25) is 5.91 Å². The van der Waals surface area contributed by atoms with Crippen LogP contribution >= 0.6 is 0 Å². The third-order valence-corrected chi connectivity index (χ3v) is 5.75. The predicted octanol–water partition coefficient (Wildman–Crippen LogP) is 2.03. The first-order valence-corrected chi connectivity index (χ1v) is 11.0. The summed E-state index contributed by atoms with van der Waals surface area (Å²) in [5, 5.41) is 2.89. The number of aryl methyl sites for hydroxylation is 1. The highest BCUT2D eigenvalue weighted by Crippen LogP contribution is 2.29. The number of hydrogen-bond donors (Lipinski definition) is 1. The second kappa shape index (κ2) is 10.2. The van der Waals surface area contributed by atoms with Crippen LogP contribution in [-0.2, 0) is 17.9 Å². The van der Waals surface area contributed by atoms with Crippen LogP contribution in [0, 0.1) is 6.92 Å². The van der Waals surface area contributed by atoms with E-state index in [-0.39, 0.29) is 24.4 Å². The molecule has 33 heavy (non-hydrogen) atoms. The van der Waals surface area contributed by atoms with Crippen LogP contribution in [0.15, 0.2) is 59.8 Å². The average molecular weight is 447 g/mol. The van der Waals surface area contributed by atoms with Gasteiger partial charge in [0.25, 0.3) is 5.91 Å². The van der Waals surface area contributed by atoms with Crippen molar-refractivity contribution in [3.05, 3.63) is 88.1 Å². The number of nitrogens with one attached hydrogen (secondary N) is 1. The van der Waals surface area contributed by atoms with E-state index < -0.39 is 5.69 Å². The number of rotatable bonds is 6. The minimum absolute atomic E-state index is 0.0812. The van der Waals surface area contributed by atoms with Crippen LogP contribution in [0.3, 0.4) is 0 Å². The SMILES string of the molecule is Cc1nc(C2CCCCN2C(=O)Cn2cccnc2=O)ncc1C(=O)NCc1ccccc1. The Labute approximate surface area is 191 Å². The van der Waals surface area contributed by atoms with Gasteiger partial charge in [-0.25, -0.2) is 19.7 Å². The third-order valence-electron chi connectivity index (χ3n) is 5.75. The van der Waals surface area contributed by atoms with E-state index in [0.29, 0.717) is 30.2 Å². The maximum atomic E-state index is 13.0. The van der Waals surface area contributed by atoms with Crippen LogP contribution in [-0.4, -0.2) is 42.8 Å². The van der Waals surface area contributed by atoms with Crippen molar-refractivity contribution < 1.29 is 9.59 Å². The molecule has 3 heterocycles. The average Bonchev–Trinajstić information content (AvgIpc) is 2.84. The molecule has 9 heteroatoms. The first-order chi connectivity index (χ1) is 16.0. The Morgan fingerprint density at radius 2 is 1.94 bits per heavy atom. The summed E-state index contributed by atoms with van der Waals surface area (Å²) in [6.07, 6.45) is 7.04. The molecule has 1 saturated heterocycles. The van der Waals surface area contributed by atoms with Crippen molar-refractivity contribution in [3.8, 4) is 0 Å². The molecule has 1 unspecified atom stereocenters. The lowest BCUT2D eigenvalue weighted by Crippen LogP contribution is -2.42. The Hall–Kier alpha value is -3.88. The van der Waals surface area contributed by atoms with Gasteiger partial charge in [0, 0.05) is 31.7 Å². The monoisotopic (exact) mass is 446 g/mol. The van der Waals surface area contributed by atoms with Gasteiger partial charge in [0.05, 0.1) is 17.3 Å². The Morgan fingerprint density at radius 1 is 1.12 bits per heavy atom. The number of piperidine rings is 1. The summed E-state index contributed by atoms with van der Waals surface area (Å²) >= 11 is 0. The van der Waals surface area contributed by atoms with E-state index in [1.165, 1.54) is 17.0 Å². The van der Waals surface area contributed by atoms with E-state index in [2.05, 4.69) is 20.3 Å². The Morgan fingerprint density at radius 3 is 2.70 bits per heavy atom. The van der Waals surface area contributed by atoms with Gasteiger partial charge in [-0.1, -0.05) is 30.3 Å². The van der Waals surface area contributed by atoms with E-state index in [4.69, 9.17) is 0 Å². The van der Waals surface area contributed by atoms with E-state index in [9.17, 15) is 14.4 Å². The van der Waals surface area contributed by atoms with Crippen molar-refractivity contribution in [1.82, 2.24) is 29.7 Å². The van der Waals surface area contributed by atoms with Gasteiger partial charge in [-0.3, -0.25) is 14.2 Å². The second-order valence-electron chi connectivity index (χ2n) is 8.02. The van der Waals surface area contributed by atoms with E-state index in [1.807, 2.05) is 30.3 Å². The lowest BCUT2D eigenvalue weighted by Gasteiger charge is -2.35. The molecule has 4 rings (SSSR count). The lowest BCUT2D eigenvalue weighted by molar-refractivity contribution is -0.136. The summed E-state index contributed by atoms with van der Waals surface area (Å²) in [6, 6.07) is 11.0. The highest BCUT2D eigenvalue weighted by Gasteiger charge is 2.30. The molecule has 9 nitrogen and oxygen atoms in total. The number of amides is 2. The zero-order valence-electron chi connectivity index (χ0n) is 18.5. The number of nitrogens with zero attached hydrogens (tertiary/aromatic N) is 5. The minimum atomic E-state index is -0.461. The molecule has 2 aromatic heterocycles. The summed E-state index contributed by atoms with van der Waals surface area (Å²) in [4.78, 5) is 52.0. The summed E-state index contributed by atoms with van der Waals surface area (Å²) < 4.78 is 1.29. The highest BCUT2D eigenvalue weighted by molar-refractivity contribution is 5.94. The van der Waals surface area contributed by atoms with Gasteiger partial charge in [0.1, 0.15) is 6.54 Å². The van der Waals surface area contributed by atoms with Crippen molar-refractivity contribution >= 4 is 11.8 Å². The quantitative estimate of drug-likeness (QED) is 0.620. The molecule has 1 aliphatic heterocycles. The van der Waals surface area contributed by atoms with Crippen LogP contribution < -0.4 is 11.0 Å². The fourth-order valence-corrected chi connectivity index (χ4v) is 3.98. The van der Waals surface area contributed by atoms with Gasteiger partial charge in [0.15, 0.2) is 5.82 Å². The largest absolute Gasteiger partial charge is 0.348 e. The van der Waals surface area contributed by atoms with Crippen LogP contribution in [0.25, 0.3) is 0 Å². The number of carbonyl (C=O) groups excluding carboxylic acids is 2. The zero-order valence-corrected chi connectivity index (χ0v) is 18.5. The number of hydrogen-bond acceptors (Lipinski definition) is 6. The van der Waals surface area contributed by atoms with Gasteiger partial charge in [-0.15, -0.1) is 0 Å². The molecule has 1 aromatic carbocycles. The highest BCUT2D eigenvalue weighted by atomic mass is 16.2. The lowest BCUT2D eigenvalue weighted by atomic mass is 10.0. The van der Waals surface area contributed by atoms with E-state index in [0.717, 1.165) is 24.8 Å². The molecule has 1 atom stereocenters. The van der Waals surface area contributed by atoms with Gasteiger partial charge < -0.3 is 10.2 Å². The van der Waals surface area contributed by atoms with Crippen molar-refractivity contribution in [3.63, 3.8) is 0 Å². The molecule has 0 bridgehead atoms. The Kier molecular flexibility index (Phi) is 6.87. The fourth-order valence-electron chi connectivity index (χ4n) is 3.98. The zero-order chi connectivity index (χ0) is 23.2. The number of likely N-dealkylation sites (tertiary alicyclic amines) is 1. The fraction of sp³-hybridized carbons (Fsp3) is 0.333. The van der Waals surface area contributed by atoms with Crippen molar-refractivity contribution in [1.29, 1.82) is 0 Å². The molecule has 0 aliphatic carbocycles. The number of aromatic nitrogens is 4. The molecule has 1 aliphatic rings. The molecular formula is C24H26N6O3. The van der Waals surface area contributed by atoms with Crippen molar-refractivity contribution in [2.24, 2.45) is 0 Å². The van der Waals surface area contributed by atoms with Crippen LogP contribution in [0.2, 0.25) is 0 Å². The Balaban J connectivity index is 1.48. The third kappa shape index (κ3) is 5.31. The van der Waals surface area contributed by atoms with E-state index >= 15 is 0 Å².